The summed E-state index contributed by atoms with van der Waals surface area (Å²) in [5.41, 5.74) is -0.828. The molecule has 0 bridgehead atoms. The maximum atomic E-state index is 11.8. The van der Waals surface area contributed by atoms with E-state index in [1.165, 1.54) is 0 Å². The van der Waals surface area contributed by atoms with Crippen molar-refractivity contribution in [1.82, 2.24) is 15.3 Å². The number of nitrogens with zero attached hydrogens (tertiary/aromatic N) is 3. The van der Waals surface area contributed by atoms with Gasteiger partial charge in [0.25, 0.3) is 5.91 Å². The molecule has 1 N–H and O–H groups in total. The molecule has 18 heavy (non-hydrogen) atoms. The predicted octanol–water partition coefficient (Wildman–Crippen LogP) is 0.126. The summed E-state index contributed by atoms with van der Waals surface area (Å²) in [4.78, 5) is 22.3. The molecule has 0 unspecified atom stereocenters. The maximum absolute atomic E-state index is 11.8. The second kappa shape index (κ2) is 4.89. The smallest absolute Gasteiger partial charge is 0.253 e. The van der Waals surface area contributed by atoms with Crippen LogP contribution in [0, 0.1) is 6.92 Å². The van der Waals surface area contributed by atoms with Gasteiger partial charge in [-0.2, -0.15) is 0 Å². The molecule has 1 aliphatic rings. The number of hydrogen-bond donors (Lipinski definition) is 1. The minimum atomic E-state index is -0.828. The Bertz CT molecular complexity index is 451. The summed E-state index contributed by atoms with van der Waals surface area (Å²) in [6.07, 6.45) is 1.73. The van der Waals surface area contributed by atoms with E-state index in [-0.39, 0.29) is 5.91 Å². The second-order valence-corrected chi connectivity index (χ2v) is 4.54. The van der Waals surface area contributed by atoms with Crippen molar-refractivity contribution in [1.29, 1.82) is 0 Å². The van der Waals surface area contributed by atoms with Gasteiger partial charge in [-0.3, -0.25) is 4.79 Å². The molecular formula is C12H18N4O2. The lowest BCUT2D eigenvalue weighted by atomic mass is 10.0. The number of carbonyl (C=O) groups excluding carboxylic acids is 1. The number of nitrogens with one attached hydrogen (secondary N) is 1. The first-order valence-corrected chi connectivity index (χ1v) is 5.96. The number of aromatic nitrogens is 2. The Labute approximate surface area is 106 Å². The highest BCUT2D eigenvalue weighted by Gasteiger charge is 2.39. The Morgan fingerprint density at radius 3 is 3.06 bits per heavy atom. The summed E-state index contributed by atoms with van der Waals surface area (Å²) in [5, 5.41) is 2.64. The number of morpholine rings is 1. The van der Waals surface area contributed by atoms with E-state index in [1.54, 1.807) is 20.2 Å². The highest BCUT2D eigenvalue weighted by molar-refractivity contribution is 5.85. The van der Waals surface area contributed by atoms with Gasteiger partial charge in [0.2, 0.25) is 0 Å². The van der Waals surface area contributed by atoms with Crippen LogP contribution in [0.3, 0.4) is 0 Å². The number of carbonyl (C=O) groups is 1. The minimum absolute atomic E-state index is 0.113. The molecule has 1 fully saturated rings. The van der Waals surface area contributed by atoms with E-state index in [0.717, 1.165) is 18.2 Å². The van der Waals surface area contributed by atoms with Crippen molar-refractivity contribution in [2.24, 2.45) is 0 Å². The zero-order valence-electron chi connectivity index (χ0n) is 10.9. The molecule has 0 spiro atoms. The Balaban J connectivity index is 2.19. The molecule has 1 amide bonds. The van der Waals surface area contributed by atoms with E-state index in [1.807, 2.05) is 17.9 Å². The minimum Gasteiger partial charge on any atom is -0.362 e. The number of rotatable bonds is 2. The molecule has 2 heterocycles. The van der Waals surface area contributed by atoms with Gasteiger partial charge in [-0.15, -0.1) is 0 Å². The van der Waals surface area contributed by atoms with Crippen molar-refractivity contribution in [3.8, 4) is 0 Å². The molecule has 1 aromatic rings. The van der Waals surface area contributed by atoms with E-state index >= 15 is 0 Å². The third kappa shape index (κ3) is 2.43. The largest absolute Gasteiger partial charge is 0.362 e. The van der Waals surface area contributed by atoms with Crippen molar-refractivity contribution >= 4 is 11.7 Å². The van der Waals surface area contributed by atoms with Crippen LogP contribution in [0.1, 0.15) is 12.7 Å². The first-order chi connectivity index (χ1) is 8.55. The van der Waals surface area contributed by atoms with Gasteiger partial charge < -0.3 is 15.0 Å². The summed E-state index contributed by atoms with van der Waals surface area (Å²) in [5.74, 6) is 1.44. The van der Waals surface area contributed by atoms with E-state index in [2.05, 4.69) is 15.3 Å². The lowest BCUT2D eigenvalue weighted by Crippen LogP contribution is -2.58. The van der Waals surface area contributed by atoms with Crippen LogP contribution in [0.4, 0.5) is 5.82 Å². The van der Waals surface area contributed by atoms with Crippen molar-refractivity contribution in [3.05, 3.63) is 18.1 Å². The molecule has 98 valence electrons. The molecule has 6 nitrogen and oxygen atoms in total. The number of amides is 1. The second-order valence-electron chi connectivity index (χ2n) is 4.54. The van der Waals surface area contributed by atoms with Crippen molar-refractivity contribution < 1.29 is 9.53 Å². The topological polar surface area (TPSA) is 67.4 Å². The summed E-state index contributed by atoms with van der Waals surface area (Å²) in [6.45, 7) is 5.37. The van der Waals surface area contributed by atoms with Crippen LogP contribution in [0.25, 0.3) is 0 Å². The zero-order chi connectivity index (χ0) is 13.2. The first-order valence-electron chi connectivity index (χ1n) is 5.96. The molecule has 1 saturated heterocycles. The van der Waals surface area contributed by atoms with Crippen LogP contribution in [-0.2, 0) is 9.53 Å². The highest BCUT2D eigenvalue weighted by Crippen LogP contribution is 2.22. The molecule has 6 heteroatoms. The lowest BCUT2D eigenvalue weighted by molar-refractivity contribution is -0.145. The van der Waals surface area contributed by atoms with Crippen molar-refractivity contribution in [3.63, 3.8) is 0 Å². The quantitative estimate of drug-likeness (QED) is 0.808. The van der Waals surface area contributed by atoms with Gasteiger partial charge in [0.15, 0.2) is 5.60 Å². The van der Waals surface area contributed by atoms with Gasteiger partial charge in [0.1, 0.15) is 11.6 Å². The fourth-order valence-corrected chi connectivity index (χ4v) is 2.09. The zero-order valence-corrected chi connectivity index (χ0v) is 10.9. The molecule has 2 rings (SSSR count). The average molecular weight is 250 g/mol. The van der Waals surface area contributed by atoms with Crippen LogP contribution in [0.2, 0.25) is 0 Å². The van der Waals surface area contributed by atoms with Gasteiger partial charge in [-0.25, -0.2) is 9.97 Å². The number of likely N-dealkylation sites (N-methyl/N-ethyl adjacent to an activating group) is 1. The standard InChI is InChI=1S/C12H18N4O2/c1-9-14-5-4-10(15-9)16-6-7-18-12(2,8-16)11(17)13-3/h4-5H,6-8H2,1-3H3,(H,13,17)/t12-/m1/s1. The van der Waals surface area contributed by atoms with Crippen molar-refractivity contribution in [2.45, 2.75) is 19.4 Å². The van der Waals surface area contributed by atoms with Gasteiger partial charge in [-0.05, 0) is 19.9 Å². The molecule has 1 aliphatic heterocycles. The first kappa shape index (κ1) is 12.8. The molecule has 0 aliphatic carbocycles. The van der Waals surface area contributed by atoms with Gasteiger partial charge in [-0.1, -0.05) is 0 Å². The summed E-state index contributed by atoms with van der Waals surface area (Å²) >= 11 is 0. The molecule has 0 radical (unpaired) electrons. The van der Waals surface area contributed by atoms with Crippen LogP contribution in [0.15, 0.2) is 12.3 Å². The third-order valence-electron chi connectivity index (χ3n) is 3.07. The number of ether oxygens (including phenoxy) is 1. The van der Waals surface area contributed by atoms with Crippen LogP contribution >= 0.6 is 0 Å². The van der Waals surface area contributed by atoms with E-state index in [4.69, 9.17) is 4.74 Å². The monoisotopic (exact) mass is 250 g/mol. The van der Waals surface area contributed by atoms with Crippen molar-refractivity contribution in [2.75, 3.05) is 31.6 Å². The molecule has 0 saturated carbocycles. The van der Waals surface area contributed by atoms with E-state index in [0.29, 0.717) is 13.2 Å². The van der Waals surface area contributed by atoms with E-state index in [9.17, 15) is 4.79 Å². The summed E-state index contributed by atoms with van der Waals surface area (Å²) in [7, 11) is 1.62. The number of hydrogen-bond acceptors (Lipinski definition) is 5. The molecule has 1 aromatic heterocycles. The van der Waals surface area contributed by atoms with Crippen LogP contribution in [-0.4, -0.2) is 48.2 Å². The maximum Gasteiger partial charge on any atom is 0.253 e. The summed E-state index contributed by atoms with van der Waals surface area (Å²) in [6, 6.07) is 1.85. The van der Waals surface area contributed by atoms with Gasteiger partial charge >= 0.3 is 0 Å². The van der Waals surface area contributed by atoms with Gasteiger partial charge in [0.05, 0.1) is 13.2 Å². The van der Waals surface area contributed by atoms with Gasteiger partial charge in [0, 0.05) is 19.8 Å². The molecular weight excluding hydrogens is 232 g/mol. The van der Waals surface area contributed by atoms with Crippen LogP contribution in [0.5, 0.6) is 0 Å². The Morgan fingerprint density at radius 1 is 1.61 bits per heavy atom. The van der Waals surface area contributed by atoms with E-state index < -0.39 is 5.60 Å². The fraction of sp³-hybridized carbons (Fsp3) is 0.583. The predicted molar refractivity (Wildman–Crippen MR) is 67.4 cm³/mol. The number of aryl methyl sites for hydroxylation is 1. The number of anilines is 1. The van der Waals surface area contributed by atoms with Crippen LogP contribution < -0.4 is 10.2 Å². The fourth-order valence-electron chi connectivity index (χ4n) is 2.09. The Kier molecular flexibility index (Phi) is 3.47. The lowest BCUT2D eigenvalue weighted by Gasteiger charge is -2.39. The highest BCUT2D eigenvalue weighted by atomic mass is 16.5. The summed E-state index contributed by atoms with van der Waals surface area (Å²) < 4.78 is 5.60. The Morgan fingerprint density at radius 2 is 2.39 bits per heavy atom. The third-order valence-corrected chi connectivity index (χ3v) is 3.07. The molecule has 0 aromatic carbocycles. The SMILES string of the molecule is CNC(=O)[C@@]1(C)CN(c2ccnc(C)n2)CCO1. The normalized spacial score (nSPS) is 23.8. The molecule has 1 atom stereocenters. The average Bonchev–Trinajstić information content (AvgIpc) is 2.38. The Hall–Kier alpha value is -1.69.